The number of fused-ring (bicyclic) bond motifs is 3. The number of benzene rings is 2. The number of para-hydroxylation sites is 1. The quantitative estimate of drug-likeness (QED) is 0.547. The van der Waals surface area contributed by atoms with E-state index in [-0.39, 0.29) is 5.78 Å². The predicted octanol–water partition coefficient (Wildman–Crippen LogP) is 4.98. The zero-order valence-electron chi connectivity index (χ0n) is 18.4. The van der Waals surface area contributed by atoms with Crippen LogP contribution in [0.15, 0.2) is 73.1 Å². The Morgan fingerprint density at radius 3 is 2.55 bits per heavy atom. The molecule has 0 aliphatic carbocycles. The number of pyridine rings is 1. The molecule has 5 rings (SSSR count). The van der Waals surface area contributed by atoms with E-state index in [0.29, 0.717) is 11.1 Å². The Morgan fingerprint density at radius 1 is 1.06 bits per heavy atom. The van der Waals surface area contributed by atoms with Crippen molar-refractivity contribution in [1.82, 2.24) is 4.98 Å². The number of carbonyl (C=O) groups is 1. The SMILES string of the molecule is Cc1ccc(C(=O)[C@@H]2[C@@H](c3cccnc3)C(C#N)(C#N)[C@H]3C=Cc4ccccc4N23)c(C)c1. The normalized spacial score (nSPS) is 22.1. The van der Waals surface area contributed by atoms with Crippen LogP contribution in [-0.4, -0.2) is 22.9 Å². The average molecular weight is 431 g/mol. The van der Waals surface area contributed by atoms with Gasteiger partial charge in [-0.05, 0) is 42.7 Å². The molecular formula is C28H22N4O. The highest BCUT2D eigenvalue weighted by atomic mass is 16.1. The summed E-state index contributed by atoms with van der Waals surface area (Å²) < 4.78 is 0. The lowest BCUT2D eigenvalue weighted by Crippen LogP contribution is -2.44. The van der Waals surface area contributed by atoms with Crippen LogP contribution in [0.25, 0.3) is 6.08 Å². The third kappa shape index (κ3) is 2.97. The summed E-state index contributed by atoms with van der Waals surface area (Å²) in [6.45, 7) is 3.92. The van der Waals surface area contributed by atoms with E-state index < -0.39 is 23.4 Å². The summed E-state index contributed by atoms with van der Waals surface area (Å²) in [4.78, 5) is 20.5. The zero-order chi connectivity index (χ0) is 23.2. The topological polar surface area (TPSA) is 80.8 Å². The molecule has 3 heterocycles. The van der Waals surface area contributed by atoms with Crippen LogP contribution in [-0.2, 0) is 0 Å². The molecule has 0 N–H and O–H groups in total. The Balaban J connectivity index is 1.79. The highest BCUT2D eigenvalue weighted by Gasteiger charge is 2.63. The Kier molecular flexibility index (Phi) is 4.84. The first-order chi connectivity index (χ1) is 16.0. The molecule has 3 atom stereocenters. The fraction of sp³-hybridized carbons (Fsp3) is 0.214. The third-order valence-corrected chi connectivity index (χ3v) is 6.87. The number of nitrogens with zero attached hydrogens (tertiary/aromatic N) is 4. The summed E-state index contributed by atoms with van der Waals surface area (Å²) >= 11 is 0. The molecule has 0 spiro atoms. The number of Topliss-reactive ketones (excluding diaryl/α,β-unsaturated/α-hetero) is 1. The second-order valence-corrected chi connectivity index (χ2v) is 8.75. The van der Waals surface area contributed by atoms with Gasteiger partial charge in [-0.2, -0.15) is 10.5 Å². The zero-order valence-corrected chi connectivity index (χ0v) is 18.4. The monoisotopic (exact) mass is 430 g/mol. The Bertz CT molecular complexity index is 1350. The van der Waals surface area contributed by atoms with Gasteiger partial charge in [0.05, 0.1) is 18.2 Å². The molecule has 0 bridgehead atoms. The molecule has 0 unspecified atom stereocenters. The van der Waals surface area contributed by atoms with Gasteiger partial charge in [0, 0.05) is 29.6 Å². The van der Waals surface area contributed by atoms with Gasteiger partial charge in [-0.25, -0.2) is 0 Å². The molecule has 2 aliphatic rings. The van der Waals surface area contributed by atoms with Crippen molar-refractivity contribution in [3.8, 4) is 12.1 Å². The molecule has 1 saturated heterocycles. The van der Waals surface area contributed by atoms with E-state index in [1.165, 1.54) is 0 Å². The molecule has 2 aromatic carbocycles. The van der Waals surface area contributed by atoms with Crippen LogP contribution in [0.3, 0.4) is 0 Å². The second kappa shape index (κ2) is 7.73. The van der Waals surface area contributed by atoms with Crippen molar-refractivity contribution >= 4 is 17.5 Å². The van der Waals surface area contributed by atoms with Gasteiger partial charge in [0.25, 0.3) is 0 Å². The fourth-order valence-electron chi connectivity index (χ4n) is 5.42. The molecule has 160 valence electrons. The molecule has 5 heteroatoms. The molecule has 1 fully saturated rings. The van der Waals surface area contributed by atoms with E-state index in [2.05, 4.69) is 17.1 Å². The summed E-state index contributed by atoms with van der Waals surface area (Å²) in [5, 5.41) is 20.9. The minimum atomic E-state index is -1.45. The maximum absolute atomic E-state index is 14.2. The number of carbonyl (C=O) groups excluding carboxylic acids is 1. The molecule has 5 nitrogen and oxygen atoms in total. The molecule has 0 amide bonds. The molecular weight excluding hydrogens is 408 g/mol. The van der Waals surface area contributed by atoms with Gasteiger partial charge in [0.2, 0.25) is 0 Å². The van der Waals surface area contributed by atoms with E-state index in [1.54, 1.807) is 18.5 Å². The number of rotatable bonds is 3. The van der Waals surface area contributed by atoms with Crippen LogP contribution in [0.5, 0.6) is 0 Å². The summed E-state index contributed by atoms with van der Waals surface area (Å²) in [7, 11) is 0. The van der Waals surface area contributed by atoms with Crippen molar-refractivity contribution in [1.29, 1.82) is 10.5 Å². The van der Waals surface area contributed by atoms with Crippen LogP contribution in [0.2, 0.25) is 0 Å². The maximum atomic E-state index is 14.2. The number of hydrogen-bond donors (Lipinski definition) is 0. The number of ketones is 1. The maximum Gasteiger partial charge on any atom is 0.186 e. The van der Waals surface area contributed by atoms with Gasteiger partial charge in [0.1, 0.15) is 6.04 Å². The van der Waals surface area contributed by atoms with Crippen LogP contribution in [0.1, 0.15) is 38.5 Å². The molecule has 1 aromatic heterocycles. The van der Waals surface area contributed by atoms with Gasteiger partial charge in [-0.15, -0.1) is 0 Å². The Morgan fingerprint density at radius 2 is 1.85 bits per heavy atom. The predicted molar refractivity (Wildman–Crippen MR) is 126 cm³/mol. The van der Waals surface area contributed by atoms with Gasteiger partial charge >= 0.3 is 0 Å². The van der Waals surface area contributed by atoms with Gasteiger partial charge in [-0.3, -0.25) is 9.78 Å². The van der Waals surface area contributed by atoms with Crippen molar-refractivity contribution in [3.63, 3.8) is 0 Å². The first-order valence-corrected chi connectivity index (χ1v) is 10.9. The third-order valence-electron chi connectivity index (χ3n) is 6.87. The molecule has 0 radical (unpaired) electrons. The minimum absolute atomic E-state index is 0.0937. The van der Waals surface area contributed by atoms with Crippen molar-refractivity contribution in [2.24, 2.45) is 5.41 Å². The molecule has 33 heavy (non-hydrogen) atoms. The van der Waals surface area contributed by atoms with Gasteiger partial charge in [0.15, 0.2) is 11.2 Å². The Hall–Kier alpha value is -4.22. The van der Waals surface area contributed by atoms with Gasteiger partial charge in [-0.1, -0.05) is 60.2 Å². The fourth-order valence-corrected chi connectivity index (χ4v) is 5.42. The largest absolute Gasteiger partial charge is 0.351 e. The summed E-state index contributed by atoms with van der Waals surface area (Å²) in [6.07, 6.45) is 7.17. The van der Waals surface area contributed by atoms with E-state index in [9.17, 15) is 15.3 Å². The van der Waals surface area contributed by atoms with Gasteiger partial charge < -0.3 is 4.90 Å². The lowest BCUT2D eigenvalue weighted by molar-refractivity contribution is 0.0950. The van der Waals surface area contributed by atoms with Crippen molar-refractivity contribution < 1.29 is 4.79 Å². The number of hydrogen-bond acceptors (Lipinski definition) is 5. The first-order valence-electron chi connectivity index (χ1n) is 10.9. The summed E-state index contributed by atoms with van der Waals surface area (Å²) in [6, 6.07) is 20.6. The van der Waals surface area contributed by atoms with E-state index in [0.717, 1.165) is 22.4 Å². The number of aryl methyl sites for hydroxylation is 2. The van der Waals surface area contributed by atoms with Crippen LogP contribution >= 0.6 is 0 Å². The van der Waals surface area contributed by atoms with Crippen LogP contribution in [0.4, 0.5) is 5.69 Å². The van der Waals surface area contributed by atoms with Crippen molar-refractivity contribution in [3.05, 3.63) is 101 Å². The van der Waals surface area contributed by atoms with Crippen molar-refractivity contribution in [2.75, 3.05) is 4.90 Å². The summed E-state index contributed by atoms with van der Waals surface area (Å²) in [5.41, 5.74) is 3.64. The van der Waals surface area contributed by atoms with Crippen LogP contribution < -0.4 is 4.90 Å². The van der Waals surface area contributed by atoms with E-state index in [4.69, 9.17) is 0 Å². The van der Waals surface area contributed by atoms with Crippen molar-refractivity contribution in [2.45, 2.75) is 31.8 Å². The van der Waals surface area contributed by atoms with E-state index >= 15 is 0 Å². The number of aromatic nitrogens is 1. The molecule has 0 saturated carbocycles. The molecule has 2 aliphatic heterocycles. The average Bonchev–Trinajstić information content (AvgIpc) is 3.15. The number of nitriles is 2. The highest BCUT2D eigenvalue weighted by molar-refractivity contribution is 6.05. The second-order valence-electron chi connectivity index (χ2n) is 8.75. The van der Waals surface area contributed by atoms with E-state index in [1.807, 2.05) is 79.4 Å². The smallest absolute Gasteiger partial charge is 0.186 e. The lowest BCUT2D eigenvalue weighted by Gasteiger charge is -2.35. The standard InChI is InChI=1S/C28H22N4O/c1-18-9-11-22(19(2)14-18)27(33)26-25(21-7-5-13-31-15-21)28(16-29,17-30)24-12-10-20-6-3-4-8-23(20)32(24)26/h3-15,24-26H,1-2H3/t24-,25-,26+/m1/s1. The molecule has 3 aromatic rings. The lowest BCUT2D eigenvalue weighted by atomic mass is 9.69. The van der Waals surface area contributed by atoms with Crippen LogP contribution in [0, 0.1) is 41.9 Å². The minimum Gasteiger partial charge on any atom is -0.351 e. The highest BCUT2D eigenvalue weighted by Crippen LogP contribution is 2.55. The first kappa shape index (κ1) is 20.7. The number of anilines is 1. The Labute approximate surface area is 193 Å². The summed E-state index contributed by atoms with van der Waals surface area (Å²) in [5.74, 6) is -0.765.